The Morgan fingerprint density at radius 2 is 1.82 bits per heavy atom. The molecule has 126 valence electrons. The van der Waals surface area contributed by atoms with Gasteiger partial charge in [-0.2, -0.15) is 0 Å². The van der Waals surface area contributed by atoms with E-state index in [-0.39, 0.29) is 24.8 Å². The number of phenols is 1. The maximum Gasteiger partial charge on any atom is 0.115 e. The van der Waals surface area contributed by atoms with Gasteiger partial charge in [0.2, 0.25) is 0 Å². The van der Waals surface area contributed by atoms with Gasteiger partial charge in [0, 0.05) is 45.4 Å². The molecule has 22 heavy (non-hydrogen) atoms. The van der Waals surface area contributed by atoms with Crippen molar-refractivity contribution < 1.29 is 9.84 Å². The Hall–Kier alpha value is -0.520. The minimum absolute atomic E-state index is 0. The highest BCUT2D eigenvalue weighted by atomic mass is 35.5. The Kier molecular flexibility index (Phi) is 8.50. The Morgan fingerprint density at radius 3 is 2.45 bits per heavy atom. The molecule has 2 fully saturated rings. The third-order valence-electron chi connectivity index (χ3n) is 4.47. The van der Waals surface area contributed by atoms with Crippen LogP contribution in [0.25, 0.3) is 0 Å². The lowest BCUT2D eigenvalue weighted by molar-refractivity contribution is 0.0212. The number of phenolic OH excluding ortho intramolecular Hbond substituents is 1. The molecule has 0 unspecified atom stereocenters. The zero-order chi connectivity index (χ0) is 13.8. The summed E-state index contributed by atoms with van der Waals surface area (Å²) in [6.45, 7) is 6.00. The molecule has 1 aromatic rings. The van der Waals surface area contributed by atoms with Crippen LogP contribution in [0.5, 0.6) is 5.75 Å². The fourth-order valence-electron chi connectivity index (χ4n) is 3.48. The Balaban J connectivity index is 0.00000121. The van der Waals surface area contributed by atoms with E-state index in [2.05, 4.69) is 16.3 Å². The molecule has 0 aromatic heterocycles. The predicted molar refractivity (Wildman–Crippen MR) is 93.3 cm³/mol. The standard InChI is InChI=1S/C16H24N2O2.2ClH/c19-15-3-1-2-14(12-15)16(13-4-10-20-11-5-13)18-8-6-17-7-9-18;;/h1-3,12-13,16-17,19H,4-11H2;2*1H/t16-;;/m1../s1. The van der Waals surface area contributed by atoms with Crippen molar-refractivity contribution in [1.82, 2.24) is 10.2 Å². The second kappa shape index (κ2) is 9.58. The van der Waals surface area contributed by atoms with Crippen LogP contribution in [0.15, 0.2) is 24.3 Å². The van der Waals surface area contributed by atoms with Crippen LogP contribution < -0.4 is 5.32 Å². The molecule has 4 nitrogen and oxygen atoms in total. The minimum atomic E-state index is 0. The molecule has 3 rings (SSSR count). The van der Waals surface area contributed by atoms with Gasteiger partial charge in [-0.3, -0.25) is 4.90 Å². The van der Waals surface area contributed by atoms with Crippen LogP contribution in [0.4, 0.5) is 0 Å². The van der Waals surface area contributed by atoms with Crippen LogP contribution in [0, 0.1) is 5.92 Å². The van der Waals surface area contributed by atoms with E-state index in [1.165, 1.54) is 5.56 Å². The SMILES string of the molecule is Cl.Cl.Oc1cccc([C@@H](C2CCOCC2)N2CCNCC2)c1. The van der Waals surface area contributed by atoms with Gasteiger partial charge in [0.1, 0.15) is 5.75 Å². The van der Waals surface area contributed by atoms with E-state index in [4.69, 9.17) is 4.74 Å². The van der Waals surface area contributed by atoms with Gasteiger partial charge in [-0.05, 0) is 36.5 Å². The molecule has 0 aliphatic carbocycles. The van der Waals surface area contributed by atoms with E-state index in [0.29, 0.717) is 17.7 Å². The average Bonchev–Trinajstić information content (AvgIpc) is 2.50. The monoisotopic (exact) mass is 348 g/mol. The summed E-state index contributed by atoms with van der Waals surface area (Å²) in [6.07, 6.45) is 2.23. The van der Waals surface area contributed by atoms with E-state index in [0.717, 1.165) is 52.2 Å². The van der Waals surface area contributed by atoms with Crippen LogP contribution >= 0.6 is 24.8 Å². The van der Waals surface area contributed by atoms with Crippen molar-refractivity contribution in [3.63, 3.8) is 0 Å². The Bertz CT molecular complexity index is 418. The molecule has 0 saturated carbocycles. The van der Waals surface area contributed by atoms with Crippen molar-refractivity contribution in [2.24, 2.45) is 5.92 Å². The van der Waals surface area contributed by atoms with E-state index < -0.39 is 0 Å². The highest BCUT2D eigenvalue weighted by Crippen LogP contribution is 2.36. The molecule has 1 atom stereocenters. The van der Waals surface area contributed by atoms with Crippen molar-refractivity contribution in [3.8, 4) is 5.75 Å². The number of hydrogen-bond donors (Lipinski definition) is 2. The van der Waals surface area contributed by atoms with Gasteiger partial charge < -0.3 is 15.2 Å². The van der Waals surface area contributed by atoms with Gasteiger partial charge in [-0.15, -0.1) is 24.8 Å². The van der Waals surface area contributed by atoms with Crippen LogP contribution in [-0.4, -0.2) is 49.4 Å². The molecule has 2 aliphatic rings. The lowest BCUT2D eigenvalue weighted by atomic mass is 9.85. The normalized spacial score (nSPS) is 21.5. The van der Waals surface area contributed by atoms with Gasteiger partial charge in [0.05, 0.1) is 0 Å². The van der Waals surface area contributed by atoms with Crippen molar-refractivity contribution in [1.29, 1.82) is 0 Å². The summed E-state index contributed by atoms with van der Waals surface area (Å²) in [5, 5.41) is 13.2. The van der Waals surface area contributed by atoms with E-state index >= 15 is 0 Å². The lowest BCUT2D eigenvalue weighted by Crippen LogP contribution is -2.47. The molecule has 2 aliphatic heterocycles. The summed E-state index contributed by atoms with van der Waals surface area (Å²) in [7, 11) is 0. The zero-order valence-corrected chi connectivity index (χ0v) is 14.4. The van der Waals surface area contributed by atoms with Crippen molar-refractivity contribution >= 4 is 24.8 Å². The molecular formula is C16H26Cl2N2O2. The summed E-state index contributed by atoms with van der Waals surface area (Å²) in [5.41, 5.74) is 1.25. The molecule has 2 N–H and O–H groups in total. The summed E-state index contributed by atoms with van der Waals surface area (Å²) < 4.78 is 5.52. The molecule has 0 spiro atoms. The predicted octanol–water partition coefficient (Wildman–Crippen LogP) is 2.61. The summed E-state index contributed by atoms with van der Waals surface area (Å²) in [5.74, 6) is 0.998. The van der Waals surface area contributed by atoms with Crippen LogP contribution in [0.1, 0.15) is 24.4 Å². The molecule has 0 amide bonds. The number of ether oxygens (including phenoxy) is 1. The van der Waals surface area contributed by atoms with E-state index in [9.17, 15) is 5.11 Å². The zero-order valence-electron chi connectivity index (χ0n) is 12.7. The molecule has 0 radical (unpaired) electrons. The van der Waals surface area contributed by atoms with Gasteiger partial charge >= 0.3 is 0 Å². The van der Waals surface area contributed by atoms with E-state index in [1.807, 2.05) is 12.1 Å². The van der Waals surface area contributed by atoms with Crippen LogP contribution in [0.3, 0.4) is 0 Å². The van der Waals surface area contributed by atoms with Gasteiger partial charge in [-0.1, -0.05) is 12.1 Å². The second-order valence-electron chi connectivity index (χ2n) is 5.78. The molecule has 1 aromatic carbocycles. The fourth-order valence-corrected chi connectivity index (χ4v) is 3.48. The number of piperazine rings is 1. The Labute approximate surface area is 145 Å². The van der Waals surface area contributed by atoms with E-state index in [1.54, 1.807) is 6.07 Å². The molecule has 2 saturated heterocycles. The summed E-state index contributed by atoms with van der Waals surface area (Å²) >= 11 is 0. The number of benzene rings is 1. The topological polar surface area (TPSA) is 44.7 Å². The second-order valence-corrected chi connectivity index (χ2v) is 5.78. The fraction of sp³-hybridized carbons (Fsp3) is 0.625. The number of rotatable bonds is 3. The number of halogens is 2. The number of nitrogens with one attached hydrogen (secondary N) is 1. The first-order valence-corrected chi connectivity index (χ1v) is 7.66. The summed E-state index contributed by atoms with van der Waals surface area (Å²) in [4.78, 5) is 2.57. The smallest absolute Gasteiger partial charge is 0.115 e. The molecule has 6 heteroatoms. The number of nitrogens with zero attached hydrogens (tertiary/aromatic N) is 1. The first-order valence-electron chi connectivity index (χ1n) is 7.66. The third kappa shape index (κ3) is 4.74. The average molecular weight is 349 g/mol. The minimum Gasteiger partial charge on any atom is -0.508 e. The first kappa shape index (κ1) is 19.5. The molecule has 0 bridgehead atoms. The number of aromatic hydroxyl groups is 1. The number of hydrogen-bond acceptors (Lipinski definition) is 4. The molecular weight excluding hydrogens is 323 g/mol. The largest absolute Gasteiger partial charge is 0.508 e. The third-order valence-corrected chi connectivity index (χ3v) is 4.47. The van der Waals surface area contributed by atoms with Crippen molar-refractivity contribution in [2.45, 2.75) is 18.9 Å². The Morgan fingerprint density at radius 1 is 1.14 bits per heavy atom. The highest BCUT2D eigenvalue weighted by Gasteiger charge is 2.31. The van der Waals surface area contributed by atoms with Crippen molar-refractivity contribution in [2.75, 3.05) is 39.4 Å². The summed E-state index contributed by atoms with van der Waals surface area (Å²) in [6, 6.07) is 8.21. The highest BCUT2D eigenvalue weighted by molar-refractivity contribution is 5.85. The van der Waals surface area contributed by atoms with Gasteiger partial charge in [0.25, 0.3) is 0 Å². The maximum absolute atomic E-state index is 9.80. The first-order chi connectivity index (χ1) is 9.84. The van der Waals surface area contributed by atoms with Crippen LogP contribution in [-0.2, 0) is 4.74 Å². The molecule has 2 heterocycles. The van der Waals surface area contributed by atoms with Crippen LogP contribution in [0.2, 0.25) is 0 Å². The quantitative estimate of drug-likeness (QED) is 0.881. The van der Waals surface area contributed by atoms with Gasteiger partial charge in [-0.25, -0.2) is 0 Å². The maximum atomic E-state index is 9.80. The lowest BCUT2D eigenvalue weighted by Gasteiger charge is -2.41. The van der Waals surface area contributed by atoms with Crippen molar-refractivity contribution in [3.05, 3.63) is 29.8 Å². The van der Waals surface area contributed by atoms with Gasteiger partial charge in [0.15, 0.2) is 0 Å².